The van der Waals surface area contributed by atoms with E-state index in [1.165, 1.54) is 6.07 Å². The van der Waals surface area contributed by atoms with Crippen LogP contribution >= 0.6 is 0 Å². The molecule has 5 aromatic carbocycles. The first kappa shape index (κ1) is 39.5. The maximum absolute atomic E-state index is 14.2. The number of benzene rings is 5. The molecule has 0 unspecified atom stereocenters. The molecule has 1 saturated heterocycles. The number of aromatic hydroxyl groups is 1. The number of rotatable bonds is 12. The molecule has 8 nitrogen and oxygen atoms in total. The standard InChI is InChI=1S/C42H39F5N2O6/c1-23-33(21-49(2)20-32(52)30-7-4-8-31(51)18-30)54-42(55-40(23)27-11-9-24(22-50)10-12-27)28-15-13-26(14-16-28)29-6-3-5-25(17-29)19-48-41(53)34-35(43)37(45)39(47)38(46)36(34)44/h3-18,23,32-33,40,42,50-52H,19-22H2,1-2H3,(H,48,53)/t23-,32+,33+,40+,42+/m0/s1. The van der Waals surface area contributed by atoms with Crippen LogP contribution in [-0.2, 0) is 22.6 Å². The van der Waals surface area contributed by atoms with E-state index < -0.39 is 53.0 Å². The Kier molecular flexibility index (Phi) is 12.3. The lowest BCUT2D eigenvalue weighted by atomic mass is 9.90. The number of nitrogens with zero attached hydrogens (tertiary/aromatic N) is 1. The van der Waals surface area contributed by atoms with Gasteiger partial charge in [0.05, 0.1) is 24.9 Å². The summed E-state index contributed by atoms with van der Waals surface area (Å²) in [4.78, 5) is 14.4. The third kappa shape index (κ3) is 8.87. The van der Waals surface area contributed by atoms with Crippen LogP contribution in [0.25, 0.3) is 11.1 Å². The average Bonchev–Trinajstić information content (AvgIpc) is 3.19. The van der Waals surface area contributed by atoms with Gasteiger partial charge in [-0.1, -0.05) is 85.8 Å². The van der Waals surface area contributed by atoms with Crippen molar-refractivity contribution in [2.45, 2.75) is 44.7 Å². The van der Waals surface area contributed by atoms with Gasteiger partial charge in [0, 0.05) is 31.1 Å². The van der Waals surface area contributed by atoms with Crippen molar-refractivity contribution in [2.75, 3.05) is 20.1 Å². The summed E-state index contributed by atoms with van der Waals surface area (Å²) in [6.45, 7) is 2.42. The van der Waals surface area contributed by atoms with Crippen molar-refractivity contribution in [1.29, 1.82) is 0 Å². The molecule has 1 aliphatic rings. The maximum Gasteiger partial charge on any atom is 0.257 e. The summed E-state index contributed by atoms with van der Waals surface area (Å²) in [5, 5.41) is 32.6. The van der Waals surface area contributed by atoms with Crippen LogP contribution in [0, 0.1) is 35.0 Å². The summed E-state index contributed by atoms with van der Waals surface area (Å²) < 4.78 is 82.2. The Morgan fingerprint density at radius 3 is 2.07 bits per heavy atom. The van der Waals surface area contributed by atoms with Crippen LogP contribution in [0.4, 0.5) is 22.0 Å². The fraction of sp³-hybridized carbons (Fsp3) is 0.262. The molecule has 0 aliphatic carbocycles. The first-order valence-corrected chi connectivity index (χ1v) is 17.5. The molecule has 0 saturated carbocycles. The van der Waals surface area contributed by atoms with Crippen molar-refractivity contribution in [1.82, 2.24) is 10.2 Å². The van der Waals surface area contributed by atoms with Crippen LogP contribution in [0.2, 0.25) is 0 Å². The van der Waals surface area contributed by atoms with Crippen molar-refractivity contribution in [3.05, 3.63) is 160 Å². The average molecular weight is 763 g/mol. The fourth-order valence-corrected chi connectivity index (χ4v) is 6.61. The summed E-state index contributed by atoms with van der Waals surface area (Å²) in [5.74, 6) is -12.7. The molecule has 0 aromatic heterocycles. The van der Waals surface area contributed by atoms with Crippen LogP contribution in [0.15, 0.2) is 97.1 Å². The van der Waals surface area contributed by atoms with Crippen molar-refractivity contribution in [3.8, 4) is 16.9 Å². The molecule has 55 heavy (non-hydrogen) atoms. The highest BCUT2D eigenvalue weighted by atomic mass is 19.2. The number of aliphatic hydroxyl groups excluding tert-OH is 2. The molecule has 1 fully saturated rings. The Morgan fingerprint density at radius 1 is 0.782 bits per heavy atom. The number of hydrogen-bond acceptors (Lipinski definition) is 7. The van der Waals surface area contributed by atoms with Crippen LogP contribution in [-0.4, -0.2) is 52.4 Å². The van der Waals surface area contributed by atoms with E-state index in [-0.39, 0.29) is 43.6 Å². The van der Waals surface area contributed by atoms with E-state index in [9.17, 15) is 42.1 Å². The number of nitrogens with one attached hydrogen (secondary N) is 1. The molecule has 5 aromatic rings. The topological polar surface area (TPSA) is 111 Å². The highest BCUT2D eigenvalue weighted by Gasteiger charge is 2.39. The van der Waals surface area contributed by atoms with Gasteiger partial charge >= 0.3 is 0 Å². The van der Waals surface area contributed by atoms with Gasteiger partial charge in [0.1, 0.15) is 11.3 Å². The summed E-state index contributed by atoms with van der Waals surface area (Å²) >= 11 is 0. The second-order valence-corrected chi connectivity index (χ2v) is 13.6. The van der Waals surface area contributed by atoms with Gasteiger partial charge in [-0.25, -0.2) is 22.0 Å². The molecule has 0 bridgehead atoms. The highest BCUT2D eigenvalue weighted by molar-refractivity contribution is 5.94. The predicted molar refractivity (Wildman–Crippen MR) is 193 cm³/mol. The van der Waals surface area contributed by atoms with Gasteiger partial charge in [0.15, 0.2) is 29.6 Å². The monoisotopic (exact) mass is 762 g/mol. The second kappa shape index (κ2) is 17.1. The first-order valence-electron chi connectivity index (χ1n) is 17.5. The SMILES string of the molecule is C[C@H]1[C@@H](CN(C)C[C@@H](O)c2cccc(O)c2)O[C@@H](c2ccc(-c3cccc(CNC(=O)c4c(F)c(F)c(F)c(F)c4F)c3)cc2)O[C@H]1c1ccc(CO)cc1. The third-order valence-corrected chi connectivity index (χ3v) is 9.69. The highest BCUT2D eigenvalue weighted by Crippen LogP contribution is 2.42. The Hall–Kier alpha value is -5.18. The number of carbonyl (C=O) groups excluding carboxylic acids is 1. The van der Waals surface area contributed by atoms with Gasteiger partial charge in [-0.3, -0.25) is 4.79 Å². The number of phenols is 1. The van der Waals surface area contributed by atoms with Crippen molar-refractivity contribution in [2.24, 2.45) is 5.92 Å². The molecule has 5 atom stereocenters. The van der Waals surface area contributed by atoms with Crippen LogP contribution in [0.5, 0.6) is 5.75 Å². The quantitative estimate of drug-likeness (QED) is 0.0588. The molecule has 13 heteroatoms. The first-order chi connectivity index (χ1) is 26.3. The molecule has 1 aliphatic heterocycles. The van der Waals surface area contributed by atoms with Crippen LogP contribution in [0.3, 0.4) is 0 Å². The number of phenolic OH excluding ortho intramolecular Hbond substituents is 1. The van der Waals surface area contributed by atoms with Gasteiger partial charge in [-0.05, 0) is 58.6 Å². The number of amides is 1. The number of hydrogen-bond donors (Lipinski definition) is 4. The summed E-state index contributed by atoms with van der Waals surface area (Å²) in [6.07, 6.45) is -2.33. The Bertz CT molecular complexity index is 2110. The minimum absolute atomic E-state index is 0.0671. The van der Waals surface area contributed by atoms with Crippen LogP contribution in [0.1, 0.15) is 63.6 Å². The largest absolute Gasteiger partial charge is 0.508 e. The van der Waals surface area contributed by atoms with E-state index in [4.69, 9.17) is 9.47 Å². The van der Waals surface area contributed by atoms with Crippen molar-refractivity contribution < 1.29 is 51.5 Å². The van der Waals surface area contributed by atoms with Gasteiger partial charge in [-0.15, -0.1) is 0 Å². The lowest BCUT2D eigenvalue weighted by molar-refractivity contribution is -0.276. The summed E-state index contributed by atoms with van der Waals surface area (Å²) in [5.41, 5.74) is 3.43. The maximum atomic E-state index is 14.2. The van der Waals surface area contributed by atoms with Crippen molar-refractivity contribution >= 4 is 5.91 Å². The number of carbonyl (C=O) groups is 1. The van der Waals surface area contributed by atoms with Crippen LogP contribution < -0.4 is 5.32 Å². The van der Waals surface area contributed by atoms with E-state index in [0.717, 1.165) is 27.8 Å². The lowest BCUT2D eigenvalue weighted by Crippen LogP contribution is -2.44. The Labute approximate surface area is 314 Å². The van der Waals surface area contributed by atoms with Crippen molar-refractivity contribution in [3.63, 3.8) is 0 Å². The van der Waals surface area contributed by atoms with E-state index in [1.54, 1.807) is 36.4 Å². The number of ether oxygens (including phenoxy) is 2. The fourth-order valence-electron chi connectivity index (χ4n) is 6.61. The molecule has 6 rings (SSSR count). The molecule has 288 valence electrons. The molecule has 1 heterocycles. The minimum Gasteiger partial charge on any atom is -0.508 e. The Morgan fingerprint density at radius 2 is 1.42 bits per heavy atom. The zero-order valence-corrected chi connectivity index (χ0v) is 29.9. The smallest absolute Gasteiger partial charge is 0.257 e. The van der Waals surface area contributed by atoms with Gasteiger partial charge < -0.3 is 35.0 Å². The van der Waals surface area contributed by atoms with Gasteiger partial charge in [-0.2, -0.15) is 0 Å². The van der Waals surface area contributed by atoms with E-state index in [2.05, 4.69) is 5.32 Å². The Balaban J connectivity index is 1.17. The summed E-state index contributed by atoms with van der Waals surface area (Å²) in [6, 6.07) is 28.3. The normalized spacial score (nSPS) is 19.0. The van der Waals surface area contributed by atoms with Gasteiger partial charge in [0.2, 0.25) is 5.82 Å². The zero-order valence-electron chi connectivity index (χ0n) is 29.9. The number of aliphatic hydroxyl groups is 2. The summed E-state index contributed by atoms with van der Waals surface area (Å²) in [7, 11) is 1.88. The molecule has 1 amide bonds. The number of likely N-dealkylation sites (N-methyl/N-ethyl adjacent to an activating group) is 1. The van der Waals surface area contributed by atoms with E-state index in [1.807, 2.05) is 73.5 Å². The third-order valence-electron chi connectivity index (χ3n) is 9.69. The van der Waals surface area contributed by atoms with Gasteiger partial charge in [0.25, 0.3) is 5.91 Å². The lowest BCUT2D eigenvalue weighted by Gasteiger charge is -2.42. The molecule has 4 N–H and O–H groups in total. The zero-order chi connectivity index (χ0) is 39.4. The molecule has 0 radical (unpaired) electrons. The van der Waals surface area contributed by atoms with E-state index in [0.29, 0.717) is 17.7 Å². The number of halogens is 5. The second-order valence-electron chi connectivity index (χ2n) is 13.6. The van der Waals surface area contributed by atoms with E-state index >= 15 is 0 Å². The molecular weight excluding hydrogens is 723 g/mol. The predicted octanol–water partition coefficient (Wildman–Crippen LogP) is 7.63. The molecular formula is C42H39F5N2O6. The molecule has 0 spiro atoms. The minimum atomic E-state index is -2.35.